The van der Waals surface area contributed by atoms with Crippen LogP contribution in [0, 0.1) is 6.92 Å². The minimum Gasteiger partial charge on any atom is -0.354 e. The maximum atomic E-state index is 4.41. The molecule has 1 aromatic carbocycles. The van der Waals surface area contributed by atoms with Crippen LogP contribution in [-0.4, -0.2) is 69.1 Å². The molecule has 6 heteroatoms. The maximum absolute atomic E-state index is 4.41. The Balaban J connectivity index is 0.00000729. The number of hydrogen-bond donors (Lipinski definition) is 2. The number of rotatable bonds is 11. The summed E-state index contributed by atoms with van der Waals surface area (Å²) in [5.41, 5.74) is 2.61. The smallest absolute Gasteiger partial charge is 0.191 e. The second kappa shape index (κ2) is 15.0. The Hall–Kier alpha value is -0.860. The highest BCUT2D eigenvalue weighted by Gasteiger charge is 2.15. The molecule has 0 heterocycles. The van der Waals surface area contributed by atoms with Gasteiger partial charge in [0, 0.05) is 19.6 Å². The predicted molar refractivity (Wildman–Crippen MR) is 134 cm³/mol. The number of halogens is 1. The van der Waals surface area contributed by atoms with Gasteiger partial charge in [-0.15, -0.1) is 24.0 Å². The highest BCUT2D eigenvalue weighted by atomic mass is 127. The van der Waals surface area contributed by atoms with Crippen molar-refractivity contribution in [3.8, 4) is 0 Å². The van der Waals surface area contributed by atoms with Gasteiger partial charge in [-0.1, -0.05) is 43.7 Å². The monoisotopic (exact) mass is 503 g/mol. The van der Waals surface area contributed by atoms with Gasteiger partial charge in [-0.2, -0.15) is 0 Å². The van der Waals surface area contributed by atoms with E-state index in [4.69, 9.17) is 0 Å². The average molecular weight is 504 g/mol. The van der Waals surface area contributed by atoms with E-state index < -0.39 is 0 Å². The lowest BCUT2D eigenvalue weighted by Gasteiger charge is -2.27. The van der Waals surface area contributed by atoms with Gasteiger partial charge in [-0.05, 0) is 66.0 Å². The second-order valence-electron chi connectivity index (χ2n) is 7.56. The fraction of sp³-hybridized carbons (Fsp3) is 0.682. The van der Waals surface area contributed by atoms with E-state index in [0.29, 0.717) is 12.1 Å². The van der Waals surface area contributed by atoms with Crippen LogP contribution in [-0.2, 0) is 0 Å². The lowest BCUT2D eigenvalue weighted by molar-refractivity contribution is 0.291. The molecule has 28 heavy (non-hydrogen) atoms. The molecule has 2 unspecified atom stereocenters. The molecule has 0 bridgehead atoms. The summed E-state index contributed by atoms with van der Waals surface area (Å²) >= 11 is 0. The predicted octanol–water partition coefficient (Wildman–Crippen LogP) is 3.89. The fourth-order valence-electron chi connectivity index (χ4n) is 3.24. The third-order valence-corrected chi connectivity index (χ3v) is 5.16. The van der Waals surface area contributed by atoms with Gasteiger partial charge in [0.15, 0.2) is 5.96 Å². The van der Waals surface area contributed by atoms with Crippen LogP contribution in [0.3, 0.4) is 0 Å². The Morgan fingerprint density at radius 3 is 2.21 bits per heavy atom. The van der Waals surface area contributed by atoms with Gasteiger partial charge in [0.1, 0.15) is 0 Å². The average Bonchev–Trinajstić information content (AvgIpc) is 2.65. The van der Waals surface area contributed by atoms with E-state index in [1.165, 1.54) is 24.1 Å². The molecule has 0 saturated heterocycles. The van der Waals surface area contributed by atoms with Crippen molar-refractivity contribution in [2.45, 2.75) is 52.6 Å². The Bertz CT molecular complexity index is 540. The number of aliphatic imine (C=N–C) groups is 1. The van der Waals surface area contributed by atoms with Crippen LogP contribution < -0.4 is 10.6 Å². The molecular formula is C22H42IN5. The van der Waals surface area contributed by atoms with E-state index in [9.17, 15) is 0 Å². The van der Waals surface area contributed by atoms with Gasteiger partial charge in [-0.25, -0.2) is 0 Å². The normalized spacial score (nSPS) is 14.0. The van der Waals surface area contributed by atoms with Gasteiger partial charge < -0.3 is 20.4 Å². The van der Waals surface area contributed by atoms with Crippen molar-refractivity contribution in [3.63, 3.8) is 0 Å². The Morgan fingerprint density at radius 2 is 1.71 bits per heavy atom. The summed E-state index contributed by atoms with van der Waals surface area (Å²) in [5, 5.41) is 7.04. The molecule has 0 amide bonds. The van der Waals surface area contributed by atoms with Crippen LogP contribution in [0.2, 0.25) is 0 Å². The number of benzene rings is 1. The standard InChI is InChI=1S/C22H41N5.HI/c1-8-27(9-2)16-10-11-19(4)25-22(23-5)24-17-21(26(6)7)20-14-12-18(3)13-15-20;/h12-15,19,21H,8-11,16-17H2,1-7H3,(H2,23,24,25);1H. The SMILES string of the molecule is CCN(CC)CCCC(C)NC(=NC)NCC(c1ccc(C)cc1)N(C)C.I. The minimum atomic E-state index is 0. The molecule has 5 nitrogen and oxygen atoms in total. The molecule has 0 aliphatic carbocycles. The molecule has 0 spiro atoms. The van der Waals surface area contributed by atoms with Gasteiger partial charge in [0.25, 0.3) is 0 Å². The van der Waals surface area contributed by atoms with Crippen molar-refractivity contribution in [1.29, 1.82) is 0 Å². The van der Waals surface area contributed by atoms with E-state index in [2.05, 4.69) is 91.5 Å². The van der Waals surface area contributed by atoms with Crippen molar-refractivity contribution in [3.05, 3.63) is 35.4 Å². The Kier molecular flexibility index (Phi) is 14.6. The summed E-state index contributed by atoms with van der Waals surface area (Å²) in [6, 6.07) is 9.50. The zero-order valence-corrected chi connectivity index (χ0v) is 21.3. The molecule has 0 saturated carbocycles. The first kappa shape index (κ1) is 27.1. The first-order valence-corrected chi connectivity index (χ1v) is 10.3. The van der Waals surface area contributed by atoms with Crippen LogP contribution in [0.25, 0.3) is 0 Å². The van der Waals surface area contributed by atoms with Crippen LogP contribution in [0.1, 0.15) is 50.8 Å². The third-order valence-electron chi connectivity index (χ3n) is 5.16. The minimum absolute atomic E-state index is 0. The van der Waals surface area contributed by atoms with Crippen LogP contribution in [0.5, 0.6) is 0 Å². The number of likely N-dealkylation sites (N-methyl/N-ethyl adjacent to an activating group) is 1. The van der Waals surface area contributed by atoms with Gasteiger partial charge >= 0.3 is 0 Å². The van der Waals surface area contributed by atoms with E-state index in [1.54, 1.807) is 0 Å². The topological polar surface area (TPSA) is 42.9 Å². The molecule has 2 N–H and O–H groups in total. The summed E-state index contributed by atoms with van der Waals surface area (Å²) < 4.78 is 0. The van der Waals surface area contributed by atoms with Crippen molar-refractivity contribution >= 4 is 29.9 Å². The summed E-state index contributed by atoms with van der Waals surface area (Å²) in [5.74, 6) is 0.879. The molecule has 1 rings (SSSR count). The molecule has 0 aromatic heterocycles. The lowest BCUT2D eigenvalue weighted by Crippen LogP contribution is -2.45. The van der Waals surface area contributed by atoms with Crippen molar-refractivity contribution in [2.24, 2.45) is 4.99 Å². The molecule has 2 atom stereocenters. The van der Waals surface area contributed by atoms with E-state index in [-0.39, 0.29) is 24.0 Å². The van der Waals surface area contributed by atoms with Crippen LogP contribution in [0.4, 0.5) is 0 Å². The highest BCUT2D eigenvalue weighted by molar-refractivity contribution is 14.0. The number of aryl methyl sites for hydroxylation is 1. The molecular weight excluding hydrogens is 461 g/mol. The zero-order valence-electron chi connectivity index (χ0n) is 19.0. The fourth-order valence-corrected chi connectivity index (χ4v) is 3.24. The van der Waals surface area contributed by atoms with E-state index >= 15 is 0 Å². The molecule has 0 aliphatic rings. The van der Waals surface area contributed by atoms with Gasteiger partial charge in [0.2, 0.25) is 0 Å². The first-order valence-electron chi connectivity index (χ1n) is 10.3. The van der Waals surface area contributed by atoms with Crippen molar-refractivity contribution in [1.82, 2.24) is 20.4 Å². The van der Waals surface area contributed by atoms with Gasteiger partial charge in [0.05, 0.1) is 6.04 Å². The number of guanidine groups is 1. The Morgan fingerprint density at radius 1 is 1.11 bits per heavy atom. The van der Waals surface area contributed by atoms with E-state index in [0.717, 1.165) is 32.0 Å². The van der Waals surface area contributed by atoms with Gasteiger partial charge in [-0.3, -0.25) is 4.99 Å². The molecule has 0 fully saturated rings. The maximum Gasteiger partial charge on any atom is 0.191 e. The largest absolute Gasteiger partial charge is 0.354 e. The van der Waals surface area contributed by atoms with Crippen LogP contribution in [0.15, 0.2) is 29.3 Å². The molecule has 0 aliphatic heterocycles. The summed E-state index contributed by atoms with van der Waals surface area (Å²) in [7, 11) is 6.09. The summed E-state index contributed by atoms with van der Waals surface area (Å²) in [6.07, 6.45) is 2.35. The second-order valence-corrected chi connectivity index (χ2v) is 7.56. The number of nitrogens with zero attached hydrogens (tertiary/aromatic N) is 3. The zero-order chi connectivity index (χ0) is 20.2. The molecule has 1 aromatic rings. The third kappa shape index (κ3) is 10.1. The number of hydrogen-bond acceptors (Lipinski definition) is 3. The molecule has 162 valence electrons. The first-order chi connectivity index (χ1) is 12.9. The molecule has 0 radical (unpaired) electrons. The quantitative estimate of drug-likeness (QED) is 0.273. The van der Waals surface area contributed by atoms with Crippen LogP contribution >= 0.6 is 24.0 Å². The van der Waals surface area contributed by atoms with Crippen molar-refractivity contribution in [2.75, 3.05) is 47.3 Å². The lowest BCUT2D eigenvalue weighted by atomic mass is 10.0. The van der Waals surface area contributed by atoms with Crippen molar-refractivity contribution < 1.29 is 0 Å². The summed E-state index contributed by atoms with van der Waals surface area (Å²) in [6.45, 7) is 13.1. The van der Waals surface area contributed by atoms with E-state index in [1.807, 2.05) is 7.05 Å². The highest BCUT2D eigenvalue weighted by Crippen LogP contribution is 2.17. The number of nitrogens with one attached hydrogen (secondary N) is 2. The summed E-state index contributed by atoms with van der Waals surface area (Å²) in [4.78, 5) is 9.13. The Labute approximate surface area is 190 Å².